The molecule has 9 heteroatoms. The highest BCUT2D eigenvalue weighted by molar-refractivity contribution is 6.51. The van der Waals surface area contributed by atoms with Gasteiger partial charge < -0.3 is 28.8 Å². The summed E-state index contributed by atoms with van der Waals surface area (Å²) in [5, 5.41) is 11.4. The van der Waals surface area contributed by atoms with Crippen LogP contribution in [0.25, 0.3) is 5.76 Å². The molecule has 3 aliphatic rings. The molecule has 6 rings (SSSR count). The summed E-state index contributed by atoms with van der Waals surface area (Å²) in [4.78, 5) is 28.2. The van der Waals surface area contributed by atoms with Crippen molar-refractivity contribution in [1.82, 2.24) is 0 Å². The first-order chi connectivity index (χ1) is 17.5. The number of aliphatic hydroxyl groups is 1. The van der Waals surface area contributed by atoms with Crippen LogP contribution in [0.5, 0.6) is 28.7 Å². The van der Waals surface area contributed by atoms with Gasteiger partial charge in [0.2, 0.25) is 13.6 Å². The smallest absolute Gasteiger partial charge is 0.300 e. The molecule has 3 aromatic carbocycles. The fourth-order valence-electron chi connectivity index (χ4n) is 4.59. The molecule has 0 bridgehead atoms. The van der Waals surface area contributed by atoms with Gasteiger partial charge in [-0.15, -0.1) is 0 Å². The number of carbonyl (C=O) groups is 2. The van der Waals surface area contributed by atoms with Gasteiger partial charge in [0, 0.05) is 17.3 Å². The molecule has 0 aromatic heterocycles. The summed E-state index contributed by atoms with van der Waals surface area (Å²) in [7, 11) is 0. The number of Topliss-reactive ketones (excluding diaryl/α,β-unsaturated/α-hetero) is 1. The number of amides is 1. The Kier molecular flexibility index (Phi) is 5.18. The SMILES string of the molecule is CCOc1cccc(C2/C(=C(\O)c3ccc4c(c3)OCO4)C(=O)C(=O)N2c2ccc3c(c2)OCO3)c1. The predicted octanol–water partition coefficient (Wildman–Crippen LogP) is 4.17. The highest BCUT2D eigenvalue weighted by Gasteiger charge is 2.47. The van der Waals surface area contributed by atoms with Gasteiger partial charge in [0.15, 0.2) is 23.0 Å². The van der Waals surface area contributed by atoms with E-state index in [4.69, 9.17) is 23.7 Å². The summed E-state index contributed by atoms with van der Waals surface area (Å²) in [5.41, 5.74) is 1.30. The van der Waals surface area contributed by atoms with Crippen LogP contribution in [0.3, 0.4) is 0 Å². The molecule has 182 valence electrons. The Labute approximate surface area is 206 Å². The fraction of sp³-hybridized carbons (Fsp3) is 0.185. The highest BCUT2D eigenvalue weighted by atomic mass is 16.7. The van der Waals surface area contributed by atoms with Crippen LogP contribution in [-0.4, -0.2) is 37.0 Å². The van der Waals surface area contributed by atoms with Crippen LogP contribution in [0.15, 0.2) is 66.2 Å². The zero-order chi connectivity index (χ0) is 24.8. The number of ether oxygens (including phenoxy) is 5. The number of fused-ring (bicyclic) bond motifs is 2. The van der Waals surface area contributed by atoms with Gasteiger partial charge in [0.1, 0.15) is 11.5 Å². The van der Waals surface area contributed by atoms with Crippen molar-refractivity contribution in [3.8, 4) is 28.7 Å². The first kappa shape index (κ1) is 21.8. The summed E-state index contributed by atoms with van der Waals surface area (Å²) in [6.07, 6.45) is 0. The van der Waals surface area contributed by atoms with E-state index in [1.807, 2.05) is 6.92 Å². The number of hydrogen-bond acceptors (Lipinski definition) is 8. The zero-order valence-corrected chi connectivity index (χ0v) is 19.2. The number of rotatable bonds is 5. The number of anilines is 1. The Bertz CT molecular complexity index is 1430. The van der Waals surface area contributed by atoms with Gasteiger partial charge in [-0.2, -0.15) is 0 Å². The monoisotopic (exact) mass is 487 g/mol. The Morgan fingerprint density at radius 2 is 1.61 bits per heavy atom. The molecule has 0 saturated carbocycles. The van der Waals surface area contributed by atoms with E-state index >= 15 is 0 Å². The molecule has 1 fully saturated rings. The second-order valence-corrected chi connectivity index (χ2v) is 8.28. The van der Waals surface area contributed by atoms with Crippen LogP contribution in [-0.2, 0) is 9.59 Å². The van der Waals surface area contributed by atoms with Crippen LogP contribution >= 0.6 is 0 Å². The molecule has 3 aromatic rings. The minimum Gasteiger partial charge on any atom is -0.507 e. The van der Waals surface area contributed by atoms with E-state index in [0.29, 0.717) is 52.2 Å². The maximum Gasteiger partial charge on any atom is 0.300 e. The zero-order valence-electron chi connectivity index (χ0n) is 19.2. The van der Waals surface area contributed by atoms with Gasteiger partial charge in [-0.05, 0) is 55.0 Å². The quantitative estimate of drug-likeness (QED) is 0.325. The molecule has 1 unspecified atom stereocenters. The van der Waals surface area contributed by atoms with Crippen molar-refractivity contribution in [2.75, 3.05) is 25.1 Å². The summed E-state index contributed by atoms with van der Waals surface area (Å²) >= 11 is 0. The van der Waals surface area contributed by atoms with Gasteiger partial charge in [-0.25, -0.2) is 0 Å². The van der Waals surface area contributed by atoms with Crippen molar-refractivity contribution >= 4 is 23.1 Å². The molecule has 36 heavy (non-hydrogen) atoms. The number of hydrogen-bond donors (Lipinski definition) is 1. The average Bonchev–Trinajstić information content (AvgIpc) is 3.61. The van der Waals surface area contributed by atoms with Crippen molar-refractivity contribution in [2.24, 2.45) is 0 Å². The van der Waals surface area contributed by atoms with Crippen LogP contribution in [0.2, 0.25) is 0 Å². The van der Waals surface area contributed by atoms with E-state index in [-0.39, 0.29) is 24.9 Å². The lowest BCUT2D eigenvalue weighted by atomic mass is 9.94. The first-order valence-electron chi connectivity index (χ1n) is 11.4. The normalized spacial score (nSPS) is 19.1. The van der Waals surface area contributed by atoms with Gasteiger partial charge in [-0.3, -0.25) is 14.5 Å². The van der Waals surface area contributed by atoms with Crippen LogP contribution in [0.1, 0.15) is 24.1 Å². The van der Waals surface area contributed by atoms with Crippen molar-refractivity contribution in [3.05, 3.63) is 77.4 Å². The Hall–Kier alpha value is -4.66. The van der Waals surface area contributed by atoms with Crippen molar-refractivity contribution < 1.29 is 38.4 Å². The number of aliphatic hydroxyl groups excluding tert-OH is 1. The Morgan fingerprint density at radius 1 is 0.917 bits per heavy atom. The van der Waals surface area contributed by atoms with E-state index in [1.54, 1.807) is 60.7 Å². The molecule has 0 aliphatic carbocycles. The Balaban J connectivity index is 1.53. The van der Waals surface area contributed by atoms with Gasteiger partial charge in [0.05, 0.1) is 18.2 Å². The third kappa shape index (κ3) is 3.48. The van der Waals surface area contributed by atoms with Gasteiger partial charge >= 0.3 is 0 Å². The predicted molar refractivity (Wildman–Crippen MR) is 128 cm³/mol. The second-order valence-electron chi connectivity index (χ2n) is 8.28. The fourth-order valence-corrected chi connectivity index (χ4v) is 4.59. The van der Waals surface area contributed by atoms with Gasteiger partial charge in [0.25, 0.3) is 11.7 Å². The molecule has 1 N–H and O–H groups in total. The first-order valence-corrected chi connectivity index (χ1v) is 11.4. The molecule has 1 saturated heterocycles. The molecule has 3 aliphatic heterocycles. The Morgan fingerprint density at radius 3 is 2.36 bits per heavy atom. The number of ketones is 1. The number of carbonyl (C=O) groups excluding carboxylic acids is 2. The lowest BCUT2D eigenvalue weighted by molar-refractivity contribution is -0.132. The van der Waals surface area contributed by atoms with Crippen molar-refractivity contribution in [2.45, 2.75) is 13.0 Å². The molecule has 0 radical (unpaired) electrons. The number of nitrogens with zero attached hydrogens (tertiary/aromatic N) is 1. The molecule has 0 spiro atoms. The van der Waals surface area contributed by atoms with Crippen LogP contribution < -0.4 is 28.6 Å². The van der Waals surface area contributed by atoms with Crippen LogP contribution in [0.4, 0.5) is 5.69 Å². The van der Waals surface area contributed by atoms with Crippen molar-refractivity contribution in [3.63, 3.8) is 0 Å². The maximum absolute atomic E-state index is 13.4. The third-order valence-electron chi connectivity index (χ3n) is 6.21. The summed E-state index contributed by atoms with van der Waals surface area (Å²) in [6, 6.07) is 16.0. The van der Waals surface area contributed by atoms with Crippen molar-refractivity contribution in [1.29, 1.82) is 0 Å². The summed E-state index contributed by atoms with van der Waals surface area (Å²) in [6.45, 7) is 2.45. The minimum atomic E-state index is -0.920. The lowest BCUT2D eigenvalue weighted by Gasteiger charge is -2.26. The van der Waals surface area contributed by atoms with E-state index < -0.39 is 17.7 Å². The van der Waals surface area contributed by atoms with Crippen LogP contribution in [0, 0.1) is 0 Å². The van der Waals surface area contributed by atoms with E-state index in [0.717, 1.165) is 0 Å². The topological polar surface area (TPSA) is 104 Å². The molecular formula is C27H21NO8. The van der Waals surface area contributed by atoms with E-state index in [2.05, 4.69) is 0 Å². The average molecular weight is 487 g/mol. The lowest BCUT2D eigenvalue weighted by Crippen LogP contribution is -2.29. The van der Waals surface area contributed by atoms with E-state index in [1.165, 1.54) is 4.90 Å². The third-order valence-corrected chi connectivity index (χ3v) is 6.21. The highest BCUT2D eigenvalue weighted by Crippen LogP contribution is 2.46. The second kappa shape index (κ2) is 8.53. The molecule has 3 heterocycles. The molecular weight excluding hydrogens is 466 g/mol. The summed E-state index contributed by atoms with van der Waals surface area (Å²) in [5.74, 6) is 0.665. The molecule has 1 atom stereocenters. The van der Waals surface area contributed by atoms with Gasteiger partial charge in [-0.1, -0.05) is 12.1 Å². The van der Waals surface area contributed by atoms with E-state index in [9.17, 15) is 14.7 Å². The summed E-state index contributed by atoms with van der Waals surface area (Å²) < 4.78 is 27.3. The molecule has 1 amide bonds. The maximum atomic E-state index is 13.4. The number of benzene rings is 3. The largest absolute Gasteiger partial charge is 0.507 e. The molecule has 9 nitrogen and oxygen atoms in total. The standard InChI is InChI=1S/C27H21NO8/c1-2-32-18-5-3-4-15(10-18)24-23(25(29)16-6-8-19-21(11-16)35-13-33-19)26(30)27(31)28(24)17-7-9-20-22(12-17)36-14-34-20/h3-12,24,29H,2,13-14H2,1H3/b25-23+. The minimum absolute atomic E-state index is 0.0508.